The zero-order chi connectivity index (χ0) is 16.7. The predicted octanol–water partition coefficient (Wildman–Crippen LogP) is 2.57. The van der Waals surface area contributed by atoms with Gasteiger partial charge in [0, 0.05) is 31.9 Å². The Labute approximate surface area is 135 Å². The molecule has 0 fully saturated rings. The molecule has 0 radical (unpaired) electrons. The molecular weight excluding hydrogens is 274 g/mol. The van der Waals surface area contributed by atoms with E-state index in [1.54, 1.807) is 0 Å². The summed E-state index contributed by atoms with van der Waals surface area (Å²) in [7, 11) is 2.00. The fraction of sp³-hybridized carbons (Fsp3) is 0.765. The smallest absolute Gasteiger partial charge is 0.191 e. The molecule has 1 aromatic heterocycles. The molecule has 1 aromatic rings. The Morgan fingerprint density at radius 1 is 1.27 bits per heavy atom. The van der Waals surface area contributed by atoms with E-state index < -0.39 is 0 Å². The SMILES string of the molecule is CCNC(=NCCC(C)C)NC(C)Cc1c(C)nn(C)c1C. The lowest BCUT2D eigenvalue weighted by Gasteiger charge is -2.18. The van der Waals surface area contributed by atoms with Gasteiger partial charge in [0.05, 0.1) is 5.69 Å². The highest BCUT2D eigenvalue weighted by atomic mass is 15.3. The number of hydrogen-bond acceptors (Lipinski definition) is 2. The number of nitrogens with one attached hydrogen (secondary N) is 2. The fourth-order valence-electron chi connectivity index (χ4n) is 2.46. The summed E-state index contributed by atoms with van der Waals surface area (Å²) < 4.78 is 1.96. The van der Waals surface area contributed by atoms with Gasteiger partial charge in [-0.3, -0.25) is 9.67 Å². The van der Waals surface area contributed by atoms with Crippen molar-refractivity contribution in [1.82, 2.24) is 20.4 Å². The molecule has 5 nitrogen and oxygen atoms in total. The van der Waals surface area contributed by atoms with E-state index in [9.17, 15) is 0 Å². The Kier molecular flexibility index (Phi) is 7.42. The number of rotatable bonds is 7. The van der Waals surface area contributed by atoms with Gasteiger partial charge in [0.25, 0.3) is 0 Å². The van der Waals surface area contributed by atoms with Gasteiger partial charge in [0.2, 0.25) is 0 Å². The van der Waals surface area contributed by atoms with E-state index in [0.717, 1.165) is 37.6 Å². The number of hydrogen-bond donors (Lipinski definition) is 2. The van der Waals surface area contributed by atoms with Gasteiger partial charge in [0.1, 0.15) is 0 Å². The van der Waals surface area contributed by atoms with Gasteiger partial charge < -0.3 is 10.6 Å². The van der Waals surface area contributed by atoms with Gasteiger partial charge in [-0.25, -0.2) is 0 Å². The Morgan fingerprint density at radius 3 is 2.45 bits per heavy atom. The maximum Gasteiger partial charge on any atom is 0.191 e. The van der Waals surface area contributed by atoms with E-state index >= 15 is 0 Å². The third-order valence-electron chi connectivity index (χ3n) is 3.87. The van der Waals surface area contributed by atoms with Crippen LogP contribution in [0.5, 0.6) is 0 Å². The Hall–Kier alpha value is -1.52. The van der Waals surface area contributed by atoms with Gasteiger partial charge in [-0.05, 0) is 52.0 Å². The van der Waals surface area contributed by atoms with Crippen molar-refractivity contribution in [3.8, 4) is 0 Å². The topological polar surface area (TPSA) is 54.2 Å². The summed E-state index contributed by atoms with van der Waals surface area (Å²) in [6.07, 6.45) is 2.08. The highest BCUT2D eigenvalue weighted by molar-refractivity contribution is 5.80. The Balaban J connectivity index is 2.64. The summed E-state index contributed by atoms with van der Waals surface area (Å²) >= 11 is 0. The summed E-state index contributed by atoms with van der Waals surface area (Å²) in [6.45, 7) is 14.7. The summed E-state index contributed by atoms with van der Waals surface area (Å²) in [6, 6.07) is 0.318. The van der Waals surface area contributed by atoms with Crippen LogP contribution in [0.15, 0.2) is 4.99 Å². The molecule has 0 spiro atoms. The molecule has 1 heterocycles. The summed E-state index contributed by atoms with van der Waals surface area (Å²) in [5, 5.41) is 11.3. The molecule has 1 unspecified atom stereocenters. The fourth-order valence-corrected chi connectivity index (χ4v) is 2.46. The molecule has 0 saturated heterocycles. The van der Waals surface area contributed by atoms with Crippen molar-refractivity contribution in [3.63, 3.8) is 0 Å². The molecule has 1 atom stereocenters. The highest BCUT2D eigenvalue weighted by Crippen LogP contribution is 2.14. The second-order valence-corrected chi connectivity index (χ2v) is 6.47. The van der Waals surface area contributed by atoms with Crippen molar-refractivity contribution in [2.24, 2.45) is 18.0 Å². The van der Waals surface area contributed by atoms with Crippen LogP contribution >= 0.6 is 0 Å². The Bertz CT molecular complexity index is 487. The maximum absolute atomic E-state index is 4.66. The maximum atomic E-state index is 4.66. The molecule has 22 heavy (non-hydrogen) atoms. The monoisotopic (exact) mass is 307 g/mol. The average Bonchev–Trinajstić information content (AvgIpc) is 2.65. The molecular formula is C17H33N5. The van der Waals surface area contributed by atoms with Gasteiger partial charge in [-0.2, -0.15) is 5.10 Å². The molecule has 0 saturated carbocycles. The van der Waals surface area contributed by atoms with Crippen LogP contribution in [0, 0.1) is 19.8 Å². The number of guanidine groups is 1. The molecule has 5 heteroatoms. The minimum Gasteiger partial charge on any atom is -0.357 e. The van der Waals surface area contributed by atoms with Gasteiger partial charge in [0.15, 0.2) is 5.96 Å². The molecule has 1 rings (SSSR count). The van der Waals surface area contributed by atoms with Crippen LogP contribution in [0.3, 0.4) is 0 Å². The third kappa shape index (κ3) is 5.70. The molecule has 0 aliphatic rings. The van der Waals surface area contributed by atoms with E-state index in [2.05, 4.69) is 62.3 Å². The van der Waals surface area contributed by atoms with Crippen molar-refractivity contribution < 1.29 is 0 Å². The first kappa shape index (κ1) is 18.5. The van der Waals surface area contributed by atoms with Crippen LogP contribution in [0.2, 0.25) is 0 Å². The van der Waals surface area contributed by atoms with Gasteiger partial charge in [-0.15, -0.1) is 0 Å². The first-order valence-electron chi connectivity index (χ1n) is 8.39. The largest absolute Gasteiger partial charge is 0.357 e. The minimum atomic E-state index is 0.318. The molecule has 0 amide bonds. The number of aromatic nitrogens is 2. The van der Waals surface area contributed by atoms with Crippen molar-refractivity contribution in [2.45, 2.75) is 60.4 Å². The zero-order valence-corrected chi connectivity index (χ0v) is 15.3. The number of nitrogens with zero attached hydrogens (tertiary/aromatic N) is 3. The molecule has 0 aliphatic carbocycles. The van der Waals surface area contributed by atoms with E-state index in [-0.39, 0.29) is 0 Å². The van der Waals surface area contributed by atoms with Crippen molar-refractivity contribution >= 4 is 5.96 Å². The van der Waals surface area contributed by atoms with E-state index in [1.165, 1.54) is 11.3 Å². The number of aryl methyl sites for hydroxylation is 2. The predicted molar refractivity (Wildman–Crippen MR) is 94.4 cm³/mol. The summed E-state index contributed by atoms with van der Waals surface area (Å²) in [5.41, 5.74) is 3.70. The van der Waals surface area contributed by atoms with Crippen LogP contribution in [-0.2, 0) is 13.5 Å². The minimum absolute atomic E-state index is 0.318. The summed E-state index contributed by atoms with van der Waals surface area (Å²) in [4.78, 5) is 4.66. The van der Waals surface area contributed by atoms with Crippen molar-refractivity contribution in [2.75, 3.05) is 13.1 Å². The lowest BCUT2D eigenvalue weighted by Crippen LogP contribution is -2.43. The lowest BCUT2D eigenvalue weighted by molar-refractivity contribution is 0.589. The summed E-state index contributed by atoms with van der Waals surface area (Å²) in [5.74, 6) is 1.60. The first-order valence-corrected chi connectivity index (χ1v) is 8.39. The normalized spacial score (nSPS) is 13.5. The van der Waals surface area contributed by atoms with Gasteiger partial charge in [-0.1, -0.05) is 13.8 Å². The van der Waals surface area contributed by atoms with Crippen molar-refractivity contribution in [1.29, 1.82) is 0 Å². The quantitative estimate of drug-likeness (QED) is 0.601. The highest BCUT2D eigenvalue weighted by Gasteiger charge is 2.13. The standard InChI is InChI=1S/C17H33N5/c1-8-18-17(19-10-9-12(2)3)20-13(4)11-16-14(5)21-22(7)15(16)6/h12-13H,8-11H2,1-7H3,(H2,18,19,20). The van der Waals surface area contributed by atoms with Crippen LogP contribution in [0.1, 0.15) is 51.1 Å². The van der Waals surface area contributed by atoms with E-state index in [0.29, 0.717) is 12.0 Å². The third-order valence-corrected chi connectivity index (χ3v) is 3.87. The Morgan fingerprint density at radius 2 is 1.95 bits per heavy atom. The van der Waals surface area contributed by atoms with Crippen molar-refractivity contribution in [3.05, 3.63) is 17.0 Å². The van der Waals surface area contributed by atoms with E-state index in [4.69, 9.17) is 0 Å². The second-order valence-electron chi connectivity index (χ2n) is 6.47. The van der Waals surface area contributed by atoms with Crippen LogP contribution in [-0.4, -0.2) is 34.9 Å². The molecule has 0 bridgehead atoms. The van der Waals surface area contributed by atoms with Crippen LogP contribution in [0.25, 0.3) is 0 Å². The number of aliphatic imine (C=N–C) groups is 1. The van der Waals surface area contributed by atoms with Gasteiger partial charge >= 0.3 is 0 Å². The molecule has 0 aliphatic heterocycles. The average molecular weight is 307 g/mol. The van der Waals surface area contributed by atoms with Crippen LogP contribution < -0.4 is 10.6 Å². The van der Waals surface area contributed by atoms with E-state index in [1.807, 2.05) is 11.7 Å². The first-order chi connectivity index (χ1) is 10.3. The molecule has 126 valence electrons. The van der Waals surface area contributed by atoms with Crippen LogP contribution in [0.4, 0.5) is 0 Å². The lowest BCUT2D eigenvalue weighted by atomic mass is 10.1. The zero-order valence-electron chi connectivity index (χ0n) is 15.3. The molecule has 0 aromatic carbocycles. The molecule has 2 N–H and O–H groups in total. The second kappa shape index (κ2) is 8.81.